The van der Waals surface area contributed by atoms with Gasteiger partial charge in [-0.2, -0.15) is 0 Å². The zero-order chi connectivity index (χ0) is 16.8. The molecule has 0 radical (unpaired) electrons. The lowest BCUT2D eigenvalue weighted by Crippen LogP contribution is -2.40. The quantitative estimate of drug-likeness (QED) is 0.915. The fourth-order valence-corrected chi connectivity index (χ4v) is 3.06. The van der Waals surface area contributed by atoms with E-state index in [9.17, 15) is 4.79 Å². The standard InChI is InChI=1S/C18H23N5O/c1-2-16-7-3-4-9-23(16)18-21-12-15(13-22-18)17(24)20-11-14-6-5-8-19-10-14/h5-6,8,10,12-13,16H,2-4,7,9,11H2,1H3,(H,20,24). The molecule has 1 N–H and O–H groups in total. The SMILES string of the molecule is CCC1CCCCN1c1ncc(C(=O)NCc2cccnc2)cn1. The molecular formula is C18H23N5O. The van der Waals surface area contributed by atoms with Crippen molar-refractivity contribution in [2.24, 2.45) is 0 Å². The van der Waals surface area contributed by atoms with Crippen LogP contribution in [0.25, 0.3) is 0 Å². The minimum absolute atomic E-state index is 0.170. The van der Waals surface area contributed by atoms with Crippen molar-refractivity contribution in [1.82, 2.24) is 20.3 Å². The number of nitrogens with zero attached hydrogens (tertiary/aromatic N) is 4. The largest absolute Gasteiger partial charge is 0.348 e. The number of hydrogen-bond donors (Lipinski definition) is 1. The summed E-state index contributed by atoms with van der Waals surface area (Å²) in [6, 6.07) is 4.28. The molecule has 3 heterocycles. The van der Waals surface area contributed by atoms with Crippen LogP contribution in [0.15, 0.2) is 36.9 Å². The van der Waals surface area contributed by atoms with Crippen LogP contribution >= 0.6 is 0 Å². The third-order valence-corrected chi connectivity index (χ3v) is 4.43. The number of pyridine rings is 1. The third kappa shape index (κ3) is 3.88. The topological polar surface area (TPSA) is 71.0 Å². The van der Waals surface area contributed by atoms with E-state index >= 15 is 0 Å². The molecule has 0 bridgehead atoms. The van der Waals surface area contributed by atoms with E-state index in [1.807, 2.05) is 12.1 Å². The lowest BCUT2D eigenvalue weighted by molar-refractivity contribution is 0.0950. The highest BCUT2D eigenvalue weighted by atomic mass is 16.1. The number of carbonyl (C=O) groups excluding carboxylic acids is 1. The highest BCUT2D eigenvalue weighted by Crippen LogP contribution is 2.23. The Hall–Kier alpha value is -2.50. The van der Waals surface area contributed by atoms with Crippen molar-refractivity contribution in [2.45, 2.75) is 45.2 Å². The van der Waals surface area contributed by atoms with Crippen molar-refractivity contribution in [3.8, 4) is 0 Å². The van der Waals surface area contributed by atoms with Gasteiger partial charge in [0.05, 0.1) is 5.56 Å². The molecule has 0 aliphatic carbocycles. The molecule has 3 rings (SSSR count). The zero-order valence-corrected chi connectivity index (χ0v) is 14.0. The molecule has 1 saturated heterocycles. The molecule has 1 amide bonds. The maximum absolute atomic E-state index is 12.2. The van der Waals surface area contributed by atoms with Crippen molar-refractivity contribution in [2.75, 3.05) is 11.4 Å². The first-order valence-electron chi connectivity index (χ1n) is 8.53. The van der Waals surface area contributed by atoms with Crippen LogP contribution in [0, 0.1) is 0 Å². The smallest absolute Gasteiger partial charge is 0.254 e. The second-order valence-corrected chi connectivity index (χ2v) is 6.07. The van der Waals surface area contributed by atoms with Crippen LogP contribution in [0.5, 0.6) is 0 Å². The van der Waals surface area contributed by atoms with Gasteiger partial charge in [-0.05, 0) is 37.3 Å². The Bertz CT molecular complexity index is 659. The first-order chi connectivity index (χ1) is 11.8. The number of hydrogen-bond acceptors (Lipinski definition) is 5. The number of piperidine rings is 1. The summed E-state index contributed by atoms with van der Waals surface area (Å²) in [6.07, 6.45) is 11.4. The number of rotatable bonds is 5. The summed E-state index contributed by atoms with van der Waals surface area (Å²) in [7, 11) is 0. The number of anilines is 1. The number of carbonyl (C=O) groups is 1. The number of nitrogens with one attached hydrogen (secondary N) is 1. The lowest BCUT2D eigenvalue weighted by atomic mass is 10.0. The molecule has 0 saturated carbocycles. The Balaban J connectivity index is 1.62. The summed E-state index contributed by atoms with van der Waals surface area (Å²) in [4.78, 5) is 27.3. The summed E-state index contributed by atoms with van der Waals surface area (Å²) in [5.74, 6) is 0.557. The Morgan fingerprint density at radius 3 is 2.83 bits per heavy atom. The highest BCUT2D eigenvalue weighted by Gasteiger charge is 2.23. The molecule has 0 aromatic carbocycles. The maximum atomic E-state index is 12.2. The fraction of sp³-hybridized carbons (Fsp3) is 0.444. The molecule has 1 aliphatic rings. The number of aromatic nitrogens is 3. The average Bonchev–Trinajstić information content (AvgIpc) is 2.67. The Kier molecular flexibility index (Phi) is 5.36. The molecule has 1 fully saturated rings. The van der Waals surface area contributed by atoms with Gasteiger partial charge in [0.1, 0.15) is 0 Å². The fourth-order valence-electron chi connectivity index (χ4n) is 3.06. The molecule has 2 aromatic heterocycles. The first-order valence-corrected chi connectivity index (χ1v) is 8.53. The zero-order valence-electron chi connectivity index (χ0n) is 14.0. The minimum Gasteiger partial charge on any atom is -0.348 e. The van der Waals surface area contributed by atoms with Gasteiger partial charge in [0.2, 0.25) is 5.95 Å². The van der Waals surface area contributed by atoms with Crippen LogP contribution in [-0.2, 0) is 6.54 Å². The summed E-state index contributed by atoms with van der Waals surface area (Å²) in [5, 5.41) is 2.86. The predicted molar refractivity (Wildman–Crippen MR) is 92.7 cm³/mol. The van der Waals surface area contributed by atoms with E-state index in [1.165, 1.54) is 19.3 Å². The summed E-state index contributed by atoms with van der Waals surface area (Å²) in [5.41, 5.74) is 1.44. The van der Waals surface area contributed by atoms with Gasteiger partial charge in [-0.3, -0.25) is 9.78 Å². The maximum Gasteiger partial charge on any atom is 0.254 e. The van der Waals surface area contributed by atoms with E-state index in [4.69, 9.17) is 0 Å². The van der Waals surface area contributed by atoms with Gasteiger partial charge in [0.15, 0.2) is 0 Å². The molecular weight excluding hydrogens is 302 g/mol. The van der Waals surface area contributed by atoms with E-state index in [0.717, 1.165) is 24.5 Å². The Labute approximate surface area is 142 Å². The monoisotopic (exact) mass is 325 g/mol. The lowest BCUT2D eigenvalue weighted by Gasteiger charge is -2.35. The molecule has 126 valence electrons. The van der Waals surface area contributed by atoms with Crippen LogP contribution in [0.3, 0.4) is 0 Å². The van der Waals surface area contributed by atoms with E-state index in [1.54, 1.807) is 24.8 Å². The van der Waals surface area contributed by atoms with Crippen molar-refractivity contribution in [3.63, 3.8) is 0 Å². The molecule has 1 unspecified atom stereocenters. The number of amides is 1. The molecule has 24 heavy (non-hydrogen) atoms. The van der Waals surface area contributed by atoms with E-state index < -0.39 is 0 Å². The van der Waals surface area contributed by atoms with Gasteiger partial charge in [0.25, 0.3) is 5.91 Å². The predicted octanol–water partition coefficient (Wildman–Crippen LogP) is 2.57. The van der Waals surface area contributed by atoms with E-state index in [2.05, 4.69) is 32.1 Å². The van der Waals surface area contributed by atoms with E-state index in [-0.39, 0.29) is 5.91 Å². The molecule has 2 aromatic rings. The summed E-state index contributed by atoms with van der Waals surface area (Å²) < 4.78 is 0. The normalized spacial score (nSPS) is 17.5. The molecule has 0 spiro atoms. The average molecular weight is 325 g/mol. The Morgan fingerprint density at radius 2 is 2.12 bits per heavy atom. The second kappa shape index (κ2) is 7.86. The van der Waals surface area contributed by atoms with Crippen LogP contribution < -0.4 is 10.2 Å². The van der Waals surface area contributed by atoms with Gasteiger partial charge in [-0.1, -0.05) is 13.0 Å². The Morgan fingerprint density at radius 1 is 1.29 bits per heavy atom. The van der Waals surface area contributed by atoms with E-state index in [0.29, 0.717) is 18.2 Å². The van der Waals surface area contributed by atoms with Gasteiger partial charge < -0.3 is 10.2 Å². The minimum atomic E-state index is -0.170. The molecule has 6 heteroatoms. The summed E-state index contributed by atoms with van der Waals surface area (Å²) in [6.45, 7) is 3.63. The van der Waals surface area contributed by atoms with Crippen LogP contribution in [-0.4, -0.2) is 33.4 Å². The van der Waals surface area contributed by atoms with Crippen molar-refractivity contribution in [3.05, 3.63) is 48.0 Å². The van der Waals surface area contributed by atoms with Gasteiger partial charge in [-0.15, -0.1) is 0 Å². The van der Waals surface area contributed by atoms with Crippen molar-refractivity contribution in [1.29, 1.82) is 0 Å². The van der Waals surface area contributed by atoms with Gasteiger partial charge >= 0.3 is 0 Å². The first kappa shape index (κ1) is 16.4. The molecule has 6 nitrogen and oxygen atoms in total. The van der Waals surface area contributed by atoms with Crippen molar-refractivity contribution < 1.29 is 4.79 Å². The van der Waals surface area contributed by atoms with Gasteiger partial charge in [-0.25, -0.2) is 9.97 Å². The van der Waals surface area contributed by atoms with Crippen LogP contribution in [0.2, 0.25) is 0 Å². The molecule has 1 atom stereocenters. The molecule has 1 aliphatic heterocycles. The highest BCUT2D eigenvalue weighted by molar-refractivity contribution is 5.93. The van der Waals surface area contributed by atoms with Crippen molar-refractivity contribution >= 4 is 11.9 Å². The van der Waals surface area contributed by atoms with Crippen LogP contribution in [0.4, 0.5) is 5.95 Å². The second-order valence-electron chi connectivity index (χ2n) is 6.07. The summed E-state index contributed by atoms with van der Waals surface area (Å²) >= 11 is 0. The van der Waals surface area contributed by atoms with Gasteiger partial charge in [0, 0.05) is 43.9 Å². The third-order valence-electron chi connectivity index (χ3n) is 4.43. The van der Waals surface area contributed by atoms with Crippen LogP contribution in [0.1, 0.15) is 48.5 Å².